The molecule has 0 aliphatic heterocycles. The number of hydrogen-bond acceptors (Lipinski definition) is 5. The summed E-state index contributed by atoms with van der Waals surface area (Å²) in [5.74, 6) is 0. The first kappa shape index (κ1) is 20.1. The third kappa shape index (κ3) is 3.94. The Morgan fingerprint density at radius 2 is 1.83 bits per heavy atom. The molecular formula is C21H25N8S+. The van der Waals surface area contributed by atoms with Gasteiger partial charge in [0.2, 0.25) is 4.77 Å². The van der Waals surface area contributed by atoms with Crippen LogP contribution in [0.4, 0.5) is 0 Å². The van der Waals surface area contributed by atoms with Gasteiger partial charge in [-0.15, -0.1) is 0 Å². The van der Waals surface area contributed by atoms with Crippen molar-refractivity contribution in [2.24, 2.45) is 0 Å². The number of hydrogen-bond donors (Lipinski definition) is 1. The summed E-state index contributed by atoms with van der Waals surface area (Å²) in [6, 6.07) is 14.8. The molecular weight excluding hydrogens is 396 g/mol. The van der Waals surface area contributed by atoms with Gasteiger partial charge in [0.1, 0.15) is 18.7 Å². The predicted molar refractivity (Wildman–Crippen MR) is 116 cm³/mol. The van der Waals surface area contributed by atoms with Crippen molar-refractivity contribution in [3.63, 3.8) is 0 Å². The first-order chi connectivity index (χ1) is 14.4. The van der Waals surface area contributed by atoms with Crippen molar-refractivity contribution in [3.8, 4) is 11.4 Å². The molecule has 0 fully saturated rings. The monoisotopic (exact) mass is 421 g/mol. The van der Waals surface area contributed by atoms with Crippen LogP contribution in [0.3, 0.4) is 0 Å². The van der Waals surface area contributed by atoms with Crippen LogP contribution in [0.5, 0.6) is 0 Å². The maximum absolute atomic E-state index is 5.66. The van der Waals surface area contributed by atoms with E-state index in [2.05, 4.69) is 84.7 Å². The van der Waals surface area contributed by atoms with Gasteiger partial charge in [-0.25, -0.2) is 9.67 Å². The van der Waals surface area contributed by atoms with Crippen molar-refractivity contribution in [2.45, 2.75) is 33.5 Å². The van der Waals surface area contributed by atoms with E-state index in [1.54, 1.807) is 20.4 Å². The van der Waals surface area contributed by atoms with Gasteiger partial charge in [-0.05, 0) is 67.2 Å². The fraction of sp³-hybridized carbons (Fsp3) is 0.286. The molecule has 0 spiro atoms. The minimum Gasteiger partial charge on any atom is -0.313 e. The minimum absolute atomic E-state index is 0.253. The third-order valence-electron chi connectivity index (χ3n) is 5.43. The molecule has 30 heavy (non-hydrogen) atoms. The van der Waals surface area contributed by atoms with Gasteiger partial charge in [0.15, 0.2) is 6.67 Å². The molecule has 2 heterocycles. The van der Waals surface area contributed by atoms with Gasteiger partial charge in [0.25, 0.3) is 0 Å². The van der Waals surface area contributed by atoms with Crippen LogP contribution in [0.2, 0.25) is 0 Å². The zero-order chi connectivity index (χ0) is 21.3. The molecule has 0 bridgehead atoms. The van der Waals surface area contributed by atoms with Crippen LogP contribution in [-0.2, 0) is 6.67 Å². The summed E-state index contributed by atoms with van der Waals surface area (Å²) in [6.45, 7) is 6.95. The Labute approximate surface area is 180 Å². The van der Waals surface area contributed by atoms with E-state index >= 15 is 0 Å². The van der Waals surface area contributed by atoms with Gasteiger partial charge in [-0.2, -0.15) is 14.5 Å². The van der Waals surface area contributed by atoms with Crippen LogP contribution in [0.15, 0.2) is 55.1 Å². The SMILES string of the molecule is Cc1ccc(-n2nnn(C[NH+](C)[C@@H](C)c3ccc(-n4cncn4)cc3)c2=S)c(C)c1. The second-order valence-electron chi connectivity index (χ2n) is 7.62. The van der Waals surface area contributed by atoms with Crippen molar-refractivity contribution in [3.05, 3.63) is 76.6 Å². The first-order valence-electron chi connectivity index (χ1n) is 9.82. The number of tetrazole rings is 1. The Morgan fingerprint density at radius 3 is 2.50 bits per heavy atom. The average Bonchev–Trinajstić information content (AvgIpc) is 3.39. The minimum atomic E-state index is 0.253. The lowest BCUT2D eigenvalue weighted by Gasteiger charge is -2.21. The number of aryl methyl sites for hydroxylation is 2. The Morgan fingerprint density at radius 1 is 1.07 bits per heavy atom. The molecule has 0 aliphatic carbocycles. The molecule has 2 atom stereocenters. The standard InChI is InChI=1S/C21H24N8S/c1-15-5-10-20(16(2)11-15)29-21(30)28(24-25-29)14-26(4)17(3)18-6-8-19(9-7-18)27-13-22-12-23-27/h5-13,17H,14H2,1-4H3/p+1/t17-/m0/s1. The lowest BCUT2D eigenvalue weighted by Crippen LogP contribution is -3.08. The molecule has 4 rings (SSSR count). The van der Waals surface area contributed by atoms with E-state index in [4.69, 9.17) is 12.2 Å². The maximum atomic E-state index is 5.66. The normalized spacial score (nSPS) is 13.3. The molecule has 2 aromatic heterocycles. The van der Waals surface area contributed by atoms with E-state index in [0.717, 1.165) is 16.9 Å². The van der Waals surface area contributed by atoms with Crippen LogP contribution in [0, 0.1) is 18.6 Å². The Hall–Kier alpha value is -3.17. The lowest BCUT2D eigenvalue weighted by atomic mass is 10.1. The van der Waals surface area contributed by atoms with Crippen LogP contribution in [0.25, 0.3) is 11.4 Å². The summed E-state index contributed by atoms with van der Waals surface area (Å²) in [7, 11) is 2.13. The molecule has 9 heteroatoms. The molecule has 1 unspecified atom stereocenters. The van der Waals surface area contributed by atoms with E-state index in [0.29, 0.717) is 11.4 Å². The predicted octanol–water partition coefficient (Wildman–Crippen LogP) is 2.23. The fourth-order valence-corrected chi connectivity index (χ4v) is 3.72. The van der Waals surface area contributed by atoms with E-state index < -0.39 is 0 Å². The van der Waals surface area contributed by atoms with E-state index in [-0.39, 0.29) is 6.04 Å². The summed E-state index contributed by atoms with van der Waals surface area (Å²) < 4.78 is 5.85. The molecule has 4 aromatic rings. The van der Waals surface area contributed by atoms with Gasteiger partial charge in [0, 0.05) is 5.56 Å². The first-order valence-corrected chi connectivity index (χ1v) is 10.2. The topological polar surface area (TPSA) is 70.8 Å². The maximum Gasteiger partial charge on any atom is 0.225 e. The quantitative estimate of drug-likeness (QED) is 0.484. The highest BCUT2D eigenvalue weighted by molar-refractivity contribution is 7.71. The van der Waals surface area contributed by atoms with E-state index in [1.807, 2.05) is 6.07 Å². The highest BCUT2D eigenvalue weighted by Gasteiger charge is 2.18. The molecule has 154 valence electrons. The van der Waals surface area contributed by atoms with Crippen LogP contribution < -0.4 is 4.90 Å². The van der Waals surface area contributed by atoms with E-state index in [9.17, 15) is 0 Å². The average molecular weight is 422 g/mol. The number of nitrogens with one attached hydrogen (secondary N) is 1. The second-order valence-corrected chi connectivity index (χ2v) is 7.99. The number of nitrogens with zero attached hydrogens (tertiary/aromatic N) is 7. The number of aromatic nitrogens is 7. The molecule has 0 aliphatic rings. The molecule has 0 radical (unpaired) electrons. The highest BCUT2D eigenvalue weighted by atomic mass is 32.1. The summed E-state index contributed by atoms with van der Waals surface area (Å²) in [4.78, 5) is 5.25. The molecule has 0 saturated carbocycles. The van der Waals surface area contributed by atoms with Crippen molar-refractivity contribution < 1.29 is 4.90 Å². The fourth-order valence-electron chi connectivity index (χ4n) is 3.48. The summed E-state index contributed by atoms with van der Waals surface area (Å²) >= 11 is 5.66. The lowest BCUT2D eigenvalue weighted by molar-refractivity contribution is -0.933. The number of rotatable bonds is 6. The number of benzene rings is 2. The van der Waals surface area contributed by atoms with Crippen molar-refractivity contribution in [1.29, 1.82) is 0 Å². The van der Waals surface area contributed by atoms with Crippen molar-refractivity contribution >= 4 is 12.2 Å². The van der Waals surface area contributed by atoms with Gasteiger partial charge >= 0.3 is 0 Å². The summed E-state index contributed by atoms with van der Waals surface area (Å²) in [6.07, 6.45) is 3.22. The van der Waals surface area contributed by atoms with Gasteiger partial charge < -0.3 is 4.90 Å². The van der Waals surface area contributed by atoms with Crippen LogP contribution in [-0.4, -0.2) is 41.6 Å². The van der Waals surface area contributed by atoms with Crippen LogP contribution in [0.1, 0.15) is 29.7 Å². The Bertz CT molecular complexity index is 1190. The molecule has 2 aromatic carbocycles. The molecule has 1 N–H and O–H groups in total. The van der Waals surface area contributed by atoms with Crippen molar-refractivity contribution in [1.82, 2.24) is 34.6 Å². The largest absolute Gasteiger partial charge is 0.313 e. The highest BCUT2D eigenvalue weighted by Crippen LogP contribution is 2.15. The number of quaternary nitrogens is 1. The molecule has 0 amide bonds. The van der Waals surface area contributed by atoms with E-state index in [1.165, 1.54) is 22.4 Å². The third-order valence-corrected chi connectivity index (χ3v) is 5.82. The molecule has 8 nitrogen and oxygen atoms in total. The van der Waals surface area contributed by atoms with Gasteiger partial charge in [-0.1, -0.05) is 29.8 Å². The smallest absolute Gasteiger partial charge is 0.225 e. The summed E-state index contributed by atoms with van der Waals surface area (Å²) in [5.41, 5.74) is 5.51. The van der Waals surface area contributed by atoms with Crippen molar-refractivity contribution in [2.75, 3.05) is 7.05 Å². The summed E-state index contributed by atoms with van der Waals surface area (Å²) in [5, 5.41) is 12.8. The zero-order valence-electron chi connectivity index (χ0n) is 17.5. The van der Waals surface area contributed by atoms with Gasteiger partial charge in [-0.3, -0.25) is 0 Å². The molecule has 0 saturated heterocycles. The Kier molecular flexibility index (Phi) is 5.56. The Balaban J connectivity index is 1.50. The van der Waals surface area contributed by atoms with Gasteiger partial charge in [0.05, 0.1) is 18.4 Å². The van der Waals surface area contributed by atoms with Crippen LogP contribution >= 0.6 is 12.2 Å². The zero-order valence-corrected chi connectivity index (χ0v) is 18.3. The second kappa shape index (κ2) is 8.29.